The molecule has 0 aliphatic heterocycles. The number of unbranched alkanes of at least 4 members (excludes halogenated alkanes) is 1. The Balaban J connectivity index is 2.50. The molecule has 0 amide bonds. The molecule has 0 saturated heterocycles. The first-order valence-electron chi connectivity index (χ1n) is 6.52. The lowest BCUT2D eigenvalue weighted by Gasteiger charge is -2.24. The zero-order valence-electron chi connectivity index (χ0n) is 11.4. The van der Waals surface area contributed by atoms with Crippen LogP contribution in [0.15, 0.2) is 18.3 Å². The third kappa shape index (κ3) is 4.70. The number of rotatable bonds is 7. The first kappa shape index (κ1) is 15.1. The van der Waals surface area contributed by atoms with Crippen LogP contribution in [0.25, 0.3) is 0 Å². The largest absolute Gasteiger partial charge is 0.386 e. The molecule has 0 fully saturated rings. The van der Waals surface area contributed by atoms with Gasteiger partial charge in [0.2, 0.25) is 0 Å². The normalized spacial score (nSPS) is 14.8. The highest BCUT2D eigenvalue weighted by Crippen LogP contribution is 2.20. The molecule has 1 aromatic heterocycles. The van der Waals surface area contributed by atoms with E-state index in [9.17, 15) is 9.50 Å². The predicted octanol–water partition coefficient (Wildman–Crippen LogP) is 2.62. The van der Waals surface area contributed by atoms with Crippen LogP contribution in [0.4, 0.5) is 4.39 Å². The topological polar surface area (TPSA) is 36.4 Å². The quantitative estimate of drug-likeness (QED) is 0.812. The minimum Gasteiger partial charge on any atom is -0.386 e. The Morgan fingerprint density at radius 2 is 2.17 bits per heavy atom. The second-order valence-corrected chi connectivity index (χ2v) is 4.94. The van der Waals surface area contributed by atoms with Crippen LogP contribution < -0.4 is 0 Å². The summed E-state index contributed by atoms with van der Waals surface area (Å²) in [5.74, 6) is -0.302. The summed E-state index contributed by atoms with van der Waals surface area (Å²) in [7, 11) is 2.05. The van der Waals surface area contributed by atoms with Gasteiger partial charge in [0.05, 0.1) is 18.0 Å². The number of hydrogen-bond donors (Lipinski definition) is 1. The molecular weight excluding hydrogens is 231 g/mol. The number of nitrogens with zero attached hydrogens (tertiary/aromatic N) is 2. The van der Waals surface area contributed by atoms with Crippen molar-refractivity contribution in [3.05, 3.63) is 29.8 Å². The molecule has 18 heavy (non-hydrogen) atoms. The third-order valence-corrected chi connectivity index (χ3v) is 3.09. The maximum atomic E-state index is 12.7. The van der Waals surface area contributed by atoms with E-state index >= 15 is 0 Å². The van der Waals surface area contributed by atoms with Crippen molar-refractivity contribution in [2.24, 2.45) is 5.92 Å². The fourth-order valence-corrected chi connectivity index (χ4v) is 1.96. The maximum absolute atomic E-state index is 12.7. The molecule has 1 rings (SSSR count). The van der Waals surface area contributed by atoms with Crippen LogP contribution in [0.5, 0.6) is 0 Å². The standard InChI is InChI=1S/C14H23FN2O/c1-4-5-8-17(3)10-11(2)14(18)13-7-6-12(15)9-16-13/h6-7,9,11,14,18H,4-5,8,10H2,1-3H3. The summed E-state index contributed by atoms with van der Waals surface area (Å²) < 4.78 is 12.7. The van der Waals surface area contributed by atoms with Crippen molar-refractivity contribution in [2.45, 2.75) is 32.8 Å². The maximum Gasteiger partial charge on any atom is 0.141 e. The van der Waals surface area contributed by atoms with Crippen LogP contribution in [0.1, 0.15) is 38.5 Å². The van der Waals surface area contributed by atoms with Gasteiger partial charge in [0.25, 0.3) is 0 Å². The van der Waals surface area contributed by atoms with Gasteiger partial charge in [-0.15, -0.1) is 0 Å². The van der Waals surface area contributed by atoms with E-state index in [2.05, 4.69) is 23.9 Å². The molecule has 0 bridgehead atoms. The number of aliphatic hydroxyl groups is 1. The number of aliphatic hydroxyl groups excluding tert-OH is 1. The average Bonchev–Trinajstić information content (AvgIpc) is 2.36. The van der Waals surface area contributed by atoms with Crippen molar-refractivity contribution in [3.63, 3.8) is 0 Å². The Labute approximate surface area is 109 Å². The summed E-state index contributed by atoms with van der Waals surface area (Å²) in [6, 6.07) is 2.88. The van der Waals surface area contributed by atoms with Gasteiger partial charge in [0.15, 0.2) is 0 Å². The van der Waals surface area contributed by atoms with Crippen LogP contribution in [-0.4, -0.2) is 35.1 Å². The molecule has 0 aromatic carbocycles. The molecule has 0 radical (unpaired) electrons. The van der Waals surface area contributed by atoms with Gasteiger partial charge in [-0.1, -0.05) is 20.3 Å². The molecule has 1 N–H and O–H groups in total. The molecule has 3 nitrogen and oxygen atoms in total. The van der Waals surface area contributed by atoms with Crippen molar-refractivity contribution < 1.29 is 9.50 Å². The lowest BCUT2D eigenvalue weighted by molar-refractivity contribution is 0.0909. The minimum absolute atomic E-state index is 0.0739. The van der Waals surface area contributed by atoms with Gasteiger partial charge in [-0.25, -0.2) is 4.39 Å². The van der Waals surface area contributed by atoms with Crippen molar-refractivity contribution in [1.82, 2.24) is 9.88 Å². The number of halogens is 1. The molecule has 1 aromatic rings. The van der Waals surface area contributed by atoms with E-state index in [1.54, 1.807) is 6.07 Å². The molecule has 0 saturated carbocycles. The Kier molecular flexibility index (Phi) is 6.22. The fourth-order valence-electron chi connectivity index (χ4n) is 1.96. The van der Waals surface area contributed by atoms with E-state index in [1.165, 1.54) is 12.5 Å². The number of hydrogen-bond acceptors (Lipinski definition) is 3. The Morgan fingerprint density at radius 1 is 1.44 bits per heavy atom. The molecule has 102 valence electrons. The first-order chi connectivity index (χ1) is 8.54. The Bertz CT molecular complexity index is 342. The highest BCUT2D eigenvalue weighted by Gasteiger charge is 2.19. The van der Waals surface area contributed by atoms with E-state index in [-0.39, 0.29) is 11.7 Å². The zero-order chi connectivity index (χ0) is 13.5. The van der Waals surface area contributed by atoms with Gasteiger partial charge in [0, 0.05) is 12.5 Å². The van der Waals surface area contributed by atoms with Crippen molar-refractivity contribution in [1.29, 1.82) is 0 Å². The molecule has 2 atom stereocenters. The molecule has 0 spiro atoms. The lowest BCUT2D eigenvalue weighted by Crippen LogP contribution is -2.28. The summed E-state index contributed by atoms with van der Waals surface area (Å²) in [6.45, 7) is 5.98. The molecule has 4 heteroatoms. The molecule has 2 unspecified atom stereocenters. The highest BCUT2D eigenvalue weighted by atomic mass is 19.1. The van der Waals surface area contributed by atoms with Gasteiger partial charge < -0.3 is 10.0 Å². The van der Waals surface area contributed by atoms with Gasteiger partial charge >= 0.3 is 0 Å². The minimum atomic E-state index is -0.644. The lowest BCUT2D eigenvalue weighted by atomic mass is 10.0. The third-order valence-electron chi connectivity index (χ3n) is 3.09. The van der Waals surface area contributed by atoms with Crippen molar-refractivity contribution in [3.8, 4) is 0 Å². The van der Waals surface area contributed by atoms with Crippen LogP contribution in [0.3, 0.4) is 0 Å². The van der Waals surface area contributed by atoms with Crippen molar-refractivity contribution in [2.75, 3.05) is 20.1 Å². The van der Waals surface area contributed by atoms with Gasteiger partial charge in [-0.3, -0.25) is 4.98 Å². The van der Waals surface area contributed by atoms with E-state index in [1.807, 2.05) is 6.92 Å². The van der Waals surface area contributed by atoms with Gasteiger partial charge in [0.1, 0.15) is 5.82 Å². The molecular formula is C14H23FN2O. The van der Waals surface area contributed by atoms with Crippen LogP contribution in [0.2, 0.25) is 0 Å². The molecule has 1 heterocycles. The van der Waals surface area contributed by atoms with E-state index in [0.29, 0.717) is 5.69 Å². The molecule has 0 aliphatic carbocycles. The second kappa shape index (κ2) is 7.44. The van der Waals surface area contributed by atoms with E-state index in [0.717, 1.165) is 25.7 Å². The van der Waals surface area contributed by atoms with E-state index in [4.69, 9.17) is 0 Å². The van der Waals surface area contributed by atoms with Crippen LogP contribution >= 0.6 is 0 Å². The predicted molar refractivity (Wildman–Crippen MR) is 70.7 cm³/mol. The monoisotopic (exact) mass is 254 g/mol. The average molecular weight is 254 g/mol. The van der Waals surface area contributed by atoms with Gasteiger partial charge in [-0.2, -0.15) is 0 Å². The SMILES string of the molecule is CCCCN(C)CC(C)C(O)c1ccc(F)cn1. The Morgan fingerprint density at radius 3 is 2.72 bits per heavy atom. The number of aromatic nitrogens is 1. The zero-order valence-corrected chi connectivity index (χ0v) is 11.4. The van der Waals surface area contributed by atoms with Crippen molar-refractivity contribution >= 4 is 0 Å². The summed E-state index contributed by atoms with van der Waals surface area (Å²) in [5, 5.41) is 10.1. The summed E-state index contributed by atoms with van der Waals surface area (Å²) >= 11 is 0. The molecule has 0 aliphatic rings. The summed E-state index contributed by atoms with van der Waals surface area (Å²) in [5.41, 5.74) is 0.535. The smallest absolute Gasteiger partial charge is 0.141 e. The fraction of sp³-hybridized carbons (Fsp3) is 0.643. The van der Waals surface area contributed by atoms with Crippen LogP contribution in [-0.2, 0) is 0 Å². The second-order valence-electron chi connectivity index (χ2n) is 4.94. The number of pyridine rings is 1. The first-order valence-corrected chi connectivity index (χ1v) is 6.52. The Hall–Kier alpha value is -1.00. The summed E-state index contributed by atoms with van der Waals surface area (Å²) in [6.07, 6.45) is 2.83. The summed E-state index contributed by atoms with van der Waals surface area (Å²) in [4.78, 5) is 6.13. The van der Waals surface area contributed by atoms with E-state index < -0.39 is 6.10 Å². The van der Waals surface area contributed by atoms with Gasteiger partial charge in [-0.05, 0) is 32.1 Å². The highest BCUT2D eigenvalue weighted by molar-refractivity contribution is 5.08. The van der Waals surface area contributed by atoms with Crippen LogP contribution in [0, 0.1) is 11.7 Å².